The third kappa shape index (κ3) is 4.51. The lowest BCUT2D eigenvalue weighted by molar-refractivity contribution is 0.181. The minimum atomic E-state index is -0.404. The van der Waals surface area contributed by atoms with Gasteiger partial charge in [0.15, 0.2) is 0 Å². The van der Waals surface area contributed by atoms with Crippen LogP contribution in [-0.4, -0.2) is 52.1 Å². The van der Waals surface area contributed by atoms with Crippen LogP contribution in [-0.2, 0) is 9.47 Å². The van der Waals surface area contributed by atoms with Crippen LogP contribution in [0.3, 0.4) is 0 Å². The van der Waals surface area contributed by atoms with Crippen molar-refractivity contribution in [3.05, 3.63) is 18.2 Å². The lowest BCUT2D eigenvalue weighted by Gasteiger charge is -2.18. The fraction of sp³-hybridized carbons (Fsp3) is 0.500. The first-order chi connectivity index (χ1) is 11.5. The van der Waals surface area contributed by atoms with Crippen molar-refractivity contribution in [1.29, 1.82) is 0 Å². The summed E-state index contributed by atoms with van der Waals surface area (Å²) < 4.78 is 15.2. The SMILES string of the molecule is COCC[C@@H](C)NC(=O)Nc1ccc(N2CCOC2=O)c(OC)c1. The highest BCUT2D eigenvalue weighted by molar-refractivity contribution is 5.93. The second-order valence-corrected chi connectivity index (χ2v) is 5.43. The van der Waals surface area contributed by atoms with Crippen LogP contribution in [0.2, 0.25) is 0 Å². The van der Waals surface area contributed by atoms with Crippen LogP contribution in [0.25, 0.3) is 0 Å². The zero-order valence-corrected chi connectivity index (χ0v) is 14.1. The van der Waals surface area contributed by atoms with E-state index in [4.69, 9.17) is 14.2 Å². The molecule has 0 radical (unpaired) electrons. The Morgan fingerprint density at radius 3 is 2.83 bits per heavy atom. The zero-order chi connectivity index (χ0) is 17.5. The van der Waals surface area contributed by atoms with E-state index >= 15 is 0 Å². The van der Waals surface area contributed by atoms with Crippen LogP contribution in [0.1, 0.15) is 13.3 Å². The van der Waals surface area contributed by atoms with Gasteiger partial charge in [-0.05, 0) is 25.5 Å². The van der Waals surface area contributed by atoms with Gasteiger partial charge in [0.1, 0.15) is 12.4 Å². The maximum Gasteiger partial charge on any atom is 0.414 e. The van der Waals surface area contributed by atoms with Gasteiger partial charge in [0, 0.05) is 31.5 Å². The highest BCUT2D eigenvalue weighted by Crippen LogP contribution is 2.32. The second-order valence-electron chi connectivity index (χ2n) is 5.43. The molecule has 0 bridgehead atoms. The van der Waals surface area contributed by atoms with E-state index in [9.17, 15) is 9.59 Å². The number of hydrogen-bond donors (Lipinski definition) is 2. The molecule has 2 rings (SSSR count). The molecule has 0 aromatic heterocycles. The minimum Gasteiger partial charge on any atom is -0.494 e. The van der Waals surface area contributed by atoms with Gasteiger partial charge >= 0.3 is 12.1 Å². The normalized spacial score (nSPS) is 15.0. The van der Waals surface area contributed by atoms with E-state index in [1.807, 2.05) is 6.92 Å². The highest BCUT2D eigenvalue weighted by Gasteiger charge is 2.26. The Hall–Kier alpha value is -2.48. The summed E-state index contributed by atoms with van der Waals surface area (Å²) in [7, 11) is 3.13. The number of ether oxygens (including phenoxy) is 3. The van der Waals surface area contributed by atoms with Crippen molar-refractivity contribution in [3.8, 4) is 5.75 Å². The number of anilines is 2. The molecular weight excluding hydrogens is 314 g/mol. The molecule has 0 aliphatic carbocycles. The van der Waals surface area contributed by atoms with E-state index in [1.54, 1.807) is 25.3 Å². The molecule has 0 saturated carbocycles. The summed E-state index contributed by atoms with van der Waals surface area (Å²) in [5.74, 6) is 0.485. The van der Waals surface area contributed by atoms with E-state index in [0.29, 0.717) is 36.9 Å². The third-order valence-electron chi connectivity index (χ3n) is 3.62. The summed E-state index contributed by atoms with van der Waals surface area (Å²) in [6, 6.07) is 4.78. The van der Waals surface area contributed by atoms with Crippen LogP contribution < -0.4 is 20.3 Å². The minimum absolute atomic E-state index is 0.00881. The predicted molar refractivity (Wildman–Crippen MR) is 89.8 cm³/mol. The first-order valence-electron chi connectivity index (χ1n) is 7.74. The number of nitrogens with one attached hydrogen (secondary N) is 2. The van der Waals surface area contributed by atoms with Crippen LogP contribution in [0.15, 0.2) is 18.2 Å². The number of cyclic esters (lactones) is 1. The highest BCUT2D eigenvalue weighted by atomic mass is 16.6. The van der Waals surface area contributed by atoms with Gasteiger partial charge in [-0.2, -0.15) is 0 Å². The molecule has 1 aromatic carbocycles. The maximum absolute atomic E-state index is 12.0. The monoisotopic (exact) mass is 337 g/mol. The van der Waals surface area contributed by atoms with Crippen molar-refractivity contribution < 1.29 is 23.8 Å². The predicted octanol–water partition coefficient (Wildman–Crippen LogP) is 2.20. The van der Waals surface area contributed by atoms with Crippen molar-refractivity contribution in [3.63, 3.8) is 0 Å². The molecule has 1 atom stereocenters. The molecule has 3 amide bonds. The number of nitrogens with zero attached hydrogens (tertiary/aromatic N) is 1. The number of methoxy groups -OCH3 is 2. The Morgan fingerprint density at radius 2 is 2.21 bits per heavy atom. The number of hydrogen-bond acceptors (Lipinski definition) is 5. The van der Waals surface area contributed by atoms with E-state index in [2.05, 4.69) is 10.6 Å². The van der Waals surface area contributed by atoms with Gasteiger partial charge in [0.2, 0.25) is 0 Å². The van der Waals surface area contributed by atoms with Gasteiger partial charge < -0.3 is 24.8 Å². The molecule has 0 unspecified atom stereocenters. The molecule has 1 heterocycles. The number of rotatable bonds is 7. The molecule has 8 heteroatoms. The Balaban J connectivity index is 2.01. The van der Waals surface area contributed by atoms with E-state index < -0.39 is 6.09 Å². The summed E-state index contributed by atoms with van der Waals surface area (Å²) in [5, 5.41) is 5.57. The molecule has 8 nitrogen and oxygen atoms in total. The topological polar surface area (TPSA) is 89.1 Å². The zero-order valence-electron chi connectivity index (χ0n) is 14.1. The van der Waals surface area contributed by atoms with Gasteiger partial charge in [-0.15, -0.1) is 0 Å². The molecular formula is C16H23N3O5. The molecule has 1 aromatic rings. The Morgan fingerprint density at radius 1 is 1.42 bits per heavy atom. The summed E-state index contributed by atoms with van der Waals surface area (Å²) >= 11 is 0. The summed E-state index contributed by atoms with van der Waals surface area (Å²) in [6.07, 6.45) is 0.321. The molecule has 1 aliphatic heterocycles. The van der Waals surface area contributed by atoms with Crippen LogP contribution in [0.4, 0.5) is 21.0 Å². The standard InChI is InChI=1S/C16H23N3O5/c1-11(6-8-22-2)17-15(20)18-12-4-5-13(14(10-12)23-3)19-7-9-24-16(19)21/h4-5,10-11H,6-9H2,1-3H3,(H2,17,18,20)/t11-/m1/s1. The van der Waals surface area contributed by atoms with Crippen molar-refractivity contribution >= 4 is 23.5 Å². The van der Waals surface area contributed by atoms with Crippen molar-refractivity contribution in [2.24, 2.45) is 0 Å². The fourth-order valence-electron chi connectivity index (χ4n) is 2.35. The number of carbonyl (C=O) groups excluding carboxylic acids is 2. The van der Waals surface area contributed by atoms with Gasteiger partial charge in [-0.25, -0.2) is 9.59 Å². The number of urea groups is 1. The van der Waals surface area contributed by atoms with Crippen LogP contribution >= 0.6 is 0 Å². The summed E-state index contributed by atoms with van der Waals surface area (Å²) in [5.41, 5.74) is 1.18. The Labute approximate surface area is 141 Å². The molecule has 2 N–H and O–H groups in total. The van der Waals surface area contributed by atoms with Crippen molar-refractivity contribution in [2.75, 3.05) is 44.2 Å². The van der Waals surface area contributed by atoms with Gasteiger partial charge in [0.05, 0.1) is 19.3 Å². The lowest BCUT2D eigenvalue weighted by Crippen LogP contribution is -2.36. The fourth-order valence-corrected chi connectivity index (χ4v) is 2.35. The van der Waals surface area contributed by atoms with Crippen LogP contribution in [0.5, 0.6) is 5.75 Å². The van der Waals surface area contributed by atoms with E-state index in [0.717, 1.165) is 6.42 Å². The molecule has 1 fully saturated rings. The van der Waals surface area contributed by atoms with Gasteiger partial charge in [0.25, 0.3) is 0 Å². The first kappa shape index (κ1) is 17.9. The maximum atomic E-state index is 12.0. The Bertz CT molecular complexity index is 593. The third-order valence-corrected chi connectivity index (χ3v) is 3.62. The lowest BCUT2D eigenvalue weighted by atomic mass is 10.2. The number of carbonyl (C=O) groups is 2. The number of amides is 3. The van der Waals surface area contributed by atoms with Crippen LogP contribution in [0, 0.1) is 0 Å². The quantitative estimate of drug-likeness (QED) is 0.796. The average Bonchev–Trinajstić information content (AvgIpc) is 2.98. The first-order valence-corrected chi connectivity index (χ1v) is 7.74. The molecule has 132 valence electrons. The van der Waals surface area contributed by atoms with Crippen molar-refractivity contribution in [2.45, 2.75) is 19.4 Å². The van der Waals surface area contributed by atoms with Gasteiger partial charge in [-0.3, -0.25) is 4.90 Å². The average molecular weight is 337 g/mol. The van der Waals surface area contributed by atoms with E-state index in [1.165, 1.54) is 12.0 Å². The van der Waals surface area contributed by atoms with Crippen molar-refractivity contribution in [1.82, 2.24) is 5.32 Å². The molecule has 1 aliphatic rings. The molecule has 24 heavy (non-hydrogen) atoms. The summed E-state index contributed by atoms with van der Waals surface area (Å²) in [4.78, 5) is 25.2. The van der Waals surface area contributed by atoms with E-state index in [-0.39, 0.29) is 12.1 Å². The second kappa shape index (κ2) is 8.39. The molecule has 0 spiro atoms. The molecule has 1 saturated heterocycles. The summed E-state index contributed by atoms with van der Waals surface area (Å²) in [6.45, 7) is 3.31. The number of benzene rings is 1. The Kier molecular flexibility index (Phi) is 6.25. The largest absolute Gasteiger partial charge is 0.494 e. The smallest absolute Gasteiger partial charge is 0.414 e. The van der Waals surface area contributed by atoms with Gasteiger partial charge in [-0.1, -0.05) is 0 Å².